The largest absolute Gasteiger partial charge is 0.438 e. The normalized spacial score (nSPS) is 25.0. The zero-order valence-electron chi connectivity index (χ0n) is 10.3. The number of hydrogen-bond donors (Lipinski definition) is 1. The van der Waals surface area contributed by atoms with E-state index >= 15 is 0 Å². The standard InChI is InChI=1S/C12H19N3O2/c1-8-3-4-15(10(5-8)6-13)12(16)11-9(2)14-7-17-11/h7-8,10H,3-6,13H2,1-2H3. The van der Waals surface area contributed by atoms with Crippen LogP contribution < -0.4 is 5.73 Å². The second-order valence-corrected chi connectivity index (χ2v) is 4.78. The lowest BCUT2D eigenvalue weighted by molar-refractivity contribution is 0.0540. The van der Waals surface area contributed by atoms with Crippen LogP contribution in [0.2, 0.25) is 0 Å². The maximum atomic E-state index is 12.3. The second kappa shape index (κ2) is 4.87. The Labute approximate surface area is 101 Å². The molecule has 17 heavy (non-hydrogen) atoms. The molecular formula is C12H19N3O2. The molecule has 0 bridgehead atoms. The van der Waals surface area contributed by atoms with E-state index in [0.717, 1.165) is 19.4 Å². The molecule has 1 amide bonds. The van der Waals surface area contributed by atoms with Gasteiger partial charge < -0.3 is 15.1 Å². The molecule has 5 nitrogen and oxygen atoms in total. The molecule has 2 unspecified atom stereocenters. The van der Waals surface area contributed by atoms with Gasteiger partial charge in [0, 0.05) is 19.1 Å². The van der Waals surface area contributed by atoms with E-state index in [0.29, 0.717) is 23.9 Å². The molecular weight excluding hydrogens is 218 g/mol. The fraction of sp³-hybridized carbons (Fsp3) is 0.667. The summed E-state index contributed by atoms with van der Waals surface area (Å²) in [5, 5.41) is 0. The Morgan fingerprint density at radius 1 is 1.71 bits per heavy atom. The number of nitrogens with zero attached hydrogens (tertiary/aromatic N) is 2. The third-order valence-corrected chi connectivity index (χ3v) is 3.45. The van der Waals surface area contributed by atoms with E-state index in [1.807, 2.05) is 4.90 Å². The van der Waals surface area contributed by atoms with Crippen LogP contribution >= 0.6 is 0 Å². The Hall–Kier alpha value is -1.36. The molecule has 1 aliphatic rings. The minimum atomic E-state index is -0.0812. The summed E-state index contributed by atoms with van der Waals surface area (Å²) in [6.45, 7) is 5.23. The second-order valence-electron chi connectivity index (χ2n) is 4.78. The highest BCUT2D eigenvalue weighted by Gasteiger charge is 2.31. The molecule has 94 valence electrons. The zero-order chi connectivity index (χ0) is 12.4. The van der Waals surface area contributed by atoms with E-state index in [1.165, 1.54) is 6.39 Å². The van der Waals surface area contributed by atoms with Crippen molar-refractivity contribution in [3.8, 4) is 0 Å². The van der Waals surface area contributed by atoms with Crippen LogP contribution in [0.3, 0.4) is 0 Å². The van der Waals surface area contributed by atoms with Crippen LogP contribution in [0, 0.1) is 12.8 Å². The van der Waals surface area contributed by atoms with Crippen LogP contribution in [-0.4, -0.2) is 34.9 Å². The molecule has 2 N–H and O–H groups in total. The van der Waals surface area contributed by atoms with Crippen molar-refractivity contribution in [1.82, 2.24) is 9.88 Å². The van der Waals surface area contributed by atoms with Crippen LogP contribution in [0.15, 0.2) is 10.8 Å². The van der Waals surface area contributed by atoms with Crippen molar-refractivity contribution in [3.05, 3.63) is 17.8 Å². The monoisotopic (exact) mass is 237 g/mol. The maximum Gasteiger partial charge on any atom is 0.291 e. The SMILES string of the molecule is Cc1ncoc1C(=O)N1CCC(C)CC1CN. The fourth-order valence-electron chi connectivity index (χ4n) is 2.38. The smallest absolute Gasteiger partial charge is 0.291 e. The molecule has 2 atom stereocenters. The fourth-order valence-corrected chi connectivity index (χ4v) is 2.38. The summed E-state index contributed by atoms with van der Waals surface area (Å²) in [6, 6.07) is 0.121. The number of carbonyl (C=O) groups excluding carboxylic acids is 1. The molecule has 1 saturated heterocycles. The lowest BCUT2D eigenvalue weighted by atomic mass is 9.92. The van der Waals surface area contributed by atoms with Gasteiger partial charge in [-0.15, -0.1) is 0 Å². The van der Waals surface area contributed by atoms with E-state index in [2.05, 4.69) is 11.9 Å². The van der Waals surface area contributed by atoms with Crippen molar-refractivity contribution in [3.63, 3.8) is 0 Å². The van der Waals surface area contributed by atoms with Crippen LogP contribution in [-0.2, 0) is 0 Å². The van der Waals surface area contributed by atoms with Crippen molar-refractivity contribution in [2.75, 3.05) is 13.1 Å². The van der Waals surface area contributed by atoms with Gasteiger partial charge in [-0.05, 0) is 25.7 Å². The number of nitrogens with two attached hydrogens (primary N) is 1. The average molecular weight is 237 g/mol. The van der Waals surface area contributed by atoms with Crippen LogP contribution in [0.5, 0.6) is 0 Å². The van der Waals surface area contributed by atoms with Gasteiger partial charge in [0.1, 0.15) is 0 Å². The summed E-state index contributed by atoms with van der Waals surface area (Å²) in [5.41, 5.74) is 6.39. The third kappa shape index (κ3) is 2.34. The summed E-state index contributed by atoms with van der Waals surface area (Å²) >= 11 is 0. The number of piperidine rings is 1. The van der Waals surface area contributed by atoms with Crippen LogP contribution in [0.25, 0.3) is 0 Å². The lowest BCUT2D eigenvalue weighted by Gasteiger charge is -2.37. The molecule has 1 aliphatic heterocycles. The van der Waals surface area contributed by atoms with Gasteiger partial charge in [0.25, 0.3) is 5.91 Å². The molecule has 5 heteroatoms. The van der Waals surface area contributed by atoms with Crippen molar-refractivity contribution in [2.45, 2.75) is 32.7 Å². The van der Waals surface area contributed by atoms with Crippen molar-refractivity contribution in [1.29, 1.82) is 0 Å². The molecule has 0 saturated carbocycles. The molecule has 0 aliphatic carbocycles. The first-order chi connectivity index (χ1) is 8.13. The summed E-state index contributed by atoms with van der Waals surface area (Å²) in [6.07, 6.45) is 3.30. The van der Waals surface area contributed by atoms with E-state index in [9.17, 15) is 4.79 Å². The number of amides is 1. The Morgan fingerprint density at radius 2 is 2.47 bits per heavy atom. The third-order valence-electron chi connectivity index (χ3n) is 3.45. The molecule has 1 aromatic rings. The first-order valence-electron chi connectivity index (χ1n) is 6.04. The number of aromatic nitrogens is 1. The van der Waals surface area contributed by atoms with Gasteiger partial charge >= 0.3 is 0 Å². The van der Waals surface area contributed by atoms with E-state index in [4.69, 9.17) is 10.2 Å². The number of likely N-dealkylation sites (tertiary alicyclic amines) is 1. The maximum absolute atomic E-state index is 12.3. The number of hydrogen-bond acceptors (Lipinski definition) is 4. The van der Waals surface area contributed by atoms with Gasteiger partial charge in [-0.2, -0.15) is 0 Å². The van der Waals surface area contributed by atoms with E-state index in [-0.39, 0.29) is 11.9 Å². The van der Waals surface area contributed by atoms with E-state index in [1.54, 1.807) is 6.92 Å². The first-order valence-corrected chi connectivity index (χ1v) is 6.04. The van der Waals surface area contributed by atoms with Crippen LogP contribution in [0.1, 0.15) is 36.0 Å². The molecule has 2 rings (SSSR count). The van der Waals surface area contributed by atoms with Gasteiger partial charge in [-0.3, -0.25) is 4.79 Å². The predicted octanol–water partition coefficient (Wildman–Crippen LogP) is 1.18. The van der Waals surface area contributed by atoms with Crippen molar-refractivity contribution >= 4 is 5.91 Å². The topological polar surface area (TPSA) is 72.4 Å². The summed E-state index contributed by atoms with van der Waals surface area (Å²) in [4.78, 5) is 18.1. The molecule has 2 heterocycles. The number of aryl methyl sites for hydroxylation is 1. The molecule has 1 aromatic heterocycles. The Bertz CT molecular complexity index is 402. The number of carbonyl (C=O) groups is 1. The highest BCUT2D eigenvalue weighted by atomic mass is 16.3. The van der Waals surface area contributed by atoms with Crippen molar-refractivity contribution in [2.24, 2.45) is 11.7 Å². The van der Waals surface area contributed by atoms with Gasteiger partial charge in [-0.1, -0.05) is 6.92 Å². The van der Waals surface area contributed by atoms with Gasteiger partial charge in [0.15, 0.2) is 6.39 Å². The highest BCUT2D eigenvalue weighted by molar-refractivity contribution is 5.92. The van der Waals surface area contributed by atoms with Crippen LogP contribution in [0.4, 0.5) is 0 Å². The molecule has 0 aromatic carbocycles. The Balaban J connectivity index is 2.16. The Morgan fingerprint density at radius 3 is 3.06 bits per heavy atom. The summed E-state index contributed by atoms with van der Waals surface area (Å²) in [7, 11) is 0. The quantitative estimate of drug-likeness (QED) is 0.838. The molecule has 1 fully saturated rings. The zero-order valence-corrected chi connectivity index (χ0v) is 10.3. The minimum absolute atomic E-state index is 0.0812. The van der Waals surface area contributed by atoms with E-state index < -0.39 is 0 Å². The van der Waals surface area contributed by atoms with Gasteiger partial charge in [0.2, 0.25) is 5.76 Å². The average Bonchev–Trinajstić information content (AvgIpc) is 2.74. The Kier molecular flexibility index (Phi) is 3.47. The summed E-state index contributed by atoms with van der Waals surface area (Å²) in [5.74, 6) is 0.892. The summed E-state index contributed by atoms with van der Waals surface area (Å²) < 4.78 is 5.16. The minimum Gasteiger partial charge on any atom is -0.438 e. The lowest BCUT2D eigenvalue weighted by Crippen LogP contribution is -2.49. The van der Waals surface area contributed by atoms with Crippen molar-refractivity contribution < 1.29 is 9.21 Å². The number of oxazole rings is 1. The highest BCUT2D eigenvalue weighted by Crippen LogP contribution is 2.24. The van der Waals surface area contributed by atoms with Gasteiger partial charge in [0.05, 0.1) is 5.69 Å². The molecule has 0 radical (unpaired) electrons. The van der Waals surface area contributed by atoms with Gasteiger partial charge in [-0.25, -0.2) is 4.98 Å². The molecule has 0 spiro atoms. The number of rotatable bonds is 2. The first kappa shape index (κ1) is 12.1. The predicted molar refractivity (Wildman–Crippen MR) is 63.5 cm³/mol.